The molecular formula is C24H32ClN9O2. The van der Waals surface area contributed by atoms with Crippen molar-refractivity contribution in [3.8, 4) is 0 Å². The van der Waals surface area contributed by atoms with Crippen molar-refractivity contribution in [3.05, 3.63) is 29.0 Å². The zero-order valence-corrected chi connectivity index (χ0v) is 21.6. The Morgan fingerprint density at radius 3 is 2.39 bits per heavy atom. The number of fused-ring (bicyclic) bond motifs is 1. The molecule has 0 aromatic carbocycles. The number of anilines is 2. The molecule has 0 aliphatic carbocycles. The van der Waals surface area contributed by atoms with Crippen molar-refractivity contribution >= 4 is 40.4 Å². The lowest BCUT2D eigenvalue weighted by atomic mass is 9.93. The summed E-state index contributed by atoms with van der Waals surface area (Å²) >= 11 is 6.05. The van der Waals surface area contributed by atoms with E-state index in [1.54, 1.807) is 11.0 Å². The Morgan fingerprint density at radius 2 is 1.75 bits per heavy atom. The minimum Gasteiger partial charge on any atom is -0.444 e. The Morgan fingerprint density at radius 1 is 1.03 bits per heavy atom. The van der Waals surface area contributed by atoms with E-state index in [0.29, 0.717) is 35.5 Å². The van der Waals surface area contributed by atoms with Gasteiger partial charge in [-0.2, -0.15) is 10.2 Å². The number of hydrogen-bond acceptors (Lipinski definition) is 9. The fourth-order valence-corrected chi connectivity index (χ4v) is 5.10. The minimum atomic E-state index is -0.481. The first-order valence-electron chi connectivity index (χ1n) is 12.4. The monoisotopic (exact) mass is 513 g/mol. The van der Waals surface area contributed by atoms with Gasteiger partial charge >= 0.3 is 6.09 Å². The molecule has 0 spiro atoms. The van der Waals surface area contributed by atoms with Crippen molar-refractivity contribution in [2.24, 2.45) is 0 Å². The molecule has 0 unspecified atom stereocenters. The molecule has 0 bridgehead atoms. The van der Waals surface area contributed by atoms with Gasteiger partial charge in [0, 0.05) is 38.2 Å². The maximum Gasteiger partial charge on any atom is 0.410 e. The van der Waals surface area contributed by atoms with Crippen LogP contribution in [0, 0.1) is 0 Å². The van der Waals surface area contributed by atoms with Crippen LogP contribution in [0.4, 0.5) is 16.4 Å². The largest absolute Gasteiger partial charge is 0.444 e. The molecule has 0 radical (unpaired) electrons. The van der Waals surface area contributed by atoms with Gasteiger partial charge in [0.05, 0.1) is 17.3 Å². The van der Waals surface area contributed by atoms with Gasteiger partial charge in [-0.1, -0.05) is 11.6 Å². The van der Waals surface area contributed by atoms with Gasteiger partial charge < -0.3 is 20.3 Å². The number of halogens is 1. The van der Waals surface area contributed by atoms with Crippen molar-refractivity contribution in [1.29, 1.82) is 0 Å². The van der Waals surface area contributed by atoms with E-state index in [2.05, 4.69) is 42.5 Å². The fraction of sp³-hybridized carbons (Fsp3) is 0.583. The second kappa shape index (κ2) is 9.68. The van der Waals surface area contributed by atoms with E-state index < -0.39 is 5.60 Å². The third-order valence-corrected chi connectivity index (χ3v) is 7.00. The summed E-state index contributed by atoms with van der Waals surface area (Å²) in [5, 5.41) is 21.9. The van der Waals surface area contributed by atoms with Crippen LogP contribution in [-0.4, -0.2) is 72.9 Å². The molecule has 0 atom stereocenters. The lowest BCUT2D eigenvalue weighted by Gasteiger charge is -2.34. The molecule has 0 saturated carbocycles. The van der Waals surface area contributed by atoms with Crippen molar-refractivity contribution in [2.75, 3.05) is 36.8 Å². The van der Waals surface area contributed by atoms with Crippen LogP contribution in [-0.2, 0) is 4.74 Å². The van der Waals surface area contributed by atoms with E-state index in [1.165, 1.54) is 0 Å². The van der Waals surface area contributed by atoms with E-state index in [4.69, 9.17) is 22.1 Å². The molecule has 1 amide bonds. The van der Waals surface area contributed by atoms with Gasteiger partial charge in [-0.15, -0.1) is 15.3 Å². The van der Waals surface area contributed by atoms with Gasteiger partial charge in [0.25, 0.3) is 0 Å². The summed E-state index contributed by atoms with van der Waals surface area (Å²) < 4.78 is 7.43. The van der Waals surface area contributed by atoms with Crippen LogP contribution < -0.4 is 10.6 Å². The highest BCUT2D eigenvalue weighted by Crippen LogP contribution is 2.31. The summed E-state index contributed by atoms with van der Waals surface area (Å²) in [5.74, 6) is 1.54. The number of nitrogens with zero attached hydrogens (tertiary/aromatic N) is 8. The van der Waals surface area contributed by atoms with Gasteiger partial charge in [0.15, 0.2) is 22.3 Å². The zero-order valence-electron chi connectivity index (χ0n) is 20.9. The highest BCUT2D eigenvalue weighted by Gasteiger charge is 2.29. The standard InChI is InChI=1S/C24H32ClN9O2/c1-24(2,3)36-23(35)33-10-6-15(7-11-33)17-4-5-20(29-27-17)32-12-8-16(9-13-32)34-18-14-19(25)28-30-21(18)22(26)31-34/h4-5,14-16H,6-13H2,1-3H3,(H2,26,31). The Balaban J connectivity index is 1.17. The second-order valence-electron chi connectivity index (χ2n) is 10.5. The summed E-state index contributed by atoms with van der Waals surface area (Å²) in [4.78, 5) is 16.4. The molecule has 5 rings (SSSR count). The highest BCUT2D eigenvalue weighted by atomic mass is 35.5. The number of ether oxygens (including phenoxy) is 1. The van der Waals surface area contributed by atoms with E-state index in [1.807, 2.05) is 25.5 Å². The fourth-order valence-electron chi connectivity index (χ4n) is 4.96. The molecule has 2 aliphatic rings. The number of rotatable bonds is 3. The van der Waals surface area contributed by atoms with Crippen molar-refractivity contribution in [1.82, 2.24) is 35.1 Å². The van der Waals surface area contributed by atoms with E-state index in [9.17, 15) is 4.79 Å². The SMILES string of the molecule is CC(C)(C)OC(=O)N1CCC(c2ccc(N3CCC(n4nc(N)c5nnc(Cl)cc54)CC3)nn2)CC1. The third-order valence-electron chi connectivity index (χ3n) is 6.82. The first kappa shape index (κ1) is 24.5. The van der Waals surface area contributed by atoms with Crippen LogP contribution in [0.5, 0.6) is 0 Å². The lowest BCUT2D eigenvalue weighted by molar-refractivity contribution is 0.0204. The average Bonchev–Trinajstić information content (AvgIpc) is 3.18. The molecule has 3 aromatic rings. The maximum absolute atomic E-state index is 12.3. The predicted octanol–water partition coefficient (Wildman–Crippen LogP) is 3.81. The predicted molar refractivity (Wildman–Crippen MR) is 137 cm³/mol. The van der Waals surface area contributed by atoms with Gasteiger partial charge in [-0.3, -0.25) is 4.68 Å². The number of carbonyl (C=O) groups excluding carboxylic acids is 1. The van der Waals surface area contributed by atoms with Gasteiger partial charge in [-0.05, 0) is 58.6 Å². The lowest BCUT2D eigenvalue weighted by Crippen LogP contribution is -2.41. The van der Waals surface area contributed by atoms with Crippen LogP contribution in [0.25, 0.3) is 11.0 Å². The van der Waals surface area contributed by atoms with Gasteiger partial charge in [0.2, 0.25) is 0 Å². The topological polar surface area (TPSA) is 128 Å². The van der Waals surface area contributed by atoms with Crippen LogP contribution in [0.3, 0.4) is 0 Å². The quantitative estimate of drug-likeness (QED) is 0.555. The van der Waals surface area contributed by atoms with Crippen molar-refractivity contribution < 1.29 is 9.53 Å². The first-order valence-corrected chi connectivity index (χ1v) is 12.8. The van der Waals surface area contributed by atoms with Crippen molar-refractivity contribution in [3.63, 3.8) is 0 Å². The molecule has 3 aromatic heterocycles. The summed E-state index contributed by atoms with van der Waals surface area (Å²) in [5.41, 5.74) is 7.94. The zero-order chi connectivity index (χ0) is 25.4. The summed E-state index contributed by atoms with van der Waals surface area (Å²) in [6, 6.07) is 6.09. The van der Waals surface area contributed by atoms with Crippen LogP contribution in [0.1, 0.15) is 64.1 Å². The molecular weight excluding hydrogens is 482 g/mol. The summed E-state index contributed by atoms with van der Waals surface area (Å²) in [7, 11) is 0. The maximum atomic E-state index is 12.3. The normalized spacial score (nSPS) is 18.1. The number of likely N-dealkylation sites (tertiary alicyclic amines) is 1. The minimum absolute atomic E-state index is 0.198. The number of hydrogen-bond donors (Lipinski definition) is 1. The second-order valence-corrected chi connectivity index (χ2v) is 10.9. The molecule has 2 saturated heterocycles. The molecule has 192 valence electrons. The Bertz CT molecular complexity index is 1220. The molecule has 5 heterocycles. The van der Waals surface area contributed by atoms with Gasteiger partial charge in [0.1, 0.15) is 5.60 Å². The molecule has 11 nitrogen and oxygen atoms in total. The Labute approximate surface area is 214 Å². The molecule has 12 heteroatoms. The number of nitrogens with two attached hydrogens (primary N) is 1. The van der Waals surface area contributed by atoms with E-state index >= 15 is 0 Å². The smallest absolute Gasteiger partial charge is 0.410 e. The number of aromatic nitrogens is 6. The summed E-state index contributed by atoms with van der Waals surface area (Å²) in [6.45, 7) is 8.66. The summed E-state index contributed by atoms with van der Waals surface area (Å²) in [6.07, 6.45) is 3.25. The van der Waals surface area contributed by atoms with Crippen LogP contribution >= 0.6 is 11.6 Å². The van der Waals surface area contributed by atoms with E-state index in [-0.39, 0.29) is 12.1 Å². The van der Waals surface area contributed by atoms with Gasteiger partial charge in [-0.25, -0.2) is 4.79 Å². The van der Waals surface area contributed by atoms with Crippen molar-refractivity contribution in [2.45, 2.75) is 64.0 Å². The first-order chi connectivity index (χ1) is 17.2. The number of carbonyl (C=O) groups is 1. The third kappa shape index (κ3) is 5.16. The van der Waals surface area contributed by atoms with Crippen LogP contribution in [0.15, 0.2) is 18.2 Å². The Kier molecular flexibility index (Phi) is 6.59. The average molecular weight is 514 g/mol. The molecule has 36 heavy (non-hydrogen) atoms. The molecule has 2 fully saturated rings. The molecule has 2 aliphatic heterocycles. The Hall–Kier alpha value is -3.21. The van der Waals surface area contributed by atoms with E-state index in [0.717, 1.165) is 55.8 Å². The van der Waals surface area contributed by atoms with Crippen LogP contribution in [0.2, 0.25) is 5.15 Å². The number of amides is 1. The molecule has 2 N–H and O–H groups in total. The number of nitrogen functional groups attached to an aromatic ring is 1. The number of piperidine rings is 2. The highest BCUT2D eigenvalue weighted by molar-refractivity contribution is 6.29.